The molecule has 1 atom stereocenters. The highest BCUT2D eigenvalue weighted by Gasteiger charge is 2.29. The summed E-state index contributed by atoms with van der Waals surface area (Å²) in [6.07, 6.45) is 1.72. The van der Waals surface area contributed by atoms with Gasteiger partial charge in [0.2, 0.25) is 0 Å². The predicted molar refractivity (Wildman–Crippen MR) is 168 cm³/mol. The molecule has 0 aliphatic carbocycles. The summed E-state index contributed by atoms with van der Waals surface area (Å²) >= 11 is 8.19. The number of amides is 2. The lowest BCUT2D eigenvalue weighted by Crippen LogP contribution is -3.10. The van der Waals surface area contributed by atoms with Crippen LogP contribution in [0.1, 0.15) is 32.9 Å². The van der Waals surface area contributed by atoms with Crippen molar-refractivity contribution in [2.75, 3.05) is 59.3 Å². The number of rotatable bonds is 12. The topological polar surface area (TPSA) is 48.3 Å². The van der Waals surface area contributed by atoms with E-state index in [1.807, 2.05) is 112 Å². The number of para-hydroxylation sites is 2. The summed E-state index contributed by atoms with van der Waals surface area (Å²) in [6.45, 7) is 3.04. The number of nitrogens with one attached hydrogen (secondary N) is 1. The van der Waals surface area contributed by atoms with Crippen molar-refractivity contribution in [1.29, 1.82) is 0 Å². The lowest BCUT2D eigenvalue weighted by Gasteiger charge is -2.24. The normalized spacial score (nSPS) is 12.0. The van der Waals surface area contributed by atoms with Gasteiger partial charge in [-0.3, -0.25) is 4.79 Å². The van der Waals surface area contributed by atoms with Crippen LogP contribution in [0.15, 0.2) is 78.9 Å². The number of thiophene rings is 1. The molecule has 0 saturated carbocycles. The molecule has 0 fully saturated rings. The fourth-order valence-corrected chi connectivity index (χ4v) is 6.26. The molecule has 0 aliphatic heterocycles. The molecule has 0 radical (unpaired) electrons. The first-order valence-corrected chi connectivity index (χ1v) is 14.8. The van der Waals surface area contributed by atoms with Gasteiger partial charge in [-0.15, -0.1) is 11.3 Å². The third-order valence-electron chi connectivity index (χ3n) is 6.81. The molecule has 0 spiro atoms. The second-order valence-corrected chi connectivity index (χ2v) is 11.9. The van der Waals surface area contributed by atoms with Gasteiger partial charge >= 0.3 is 5.91 Å². The van der Waals surface area contributed by atoms with Crippen LogP contribution >= 0.6 is 22.9 Å². The maximum atomic E-state index is 13.9. The number of halogens is 2. The van der Waals surface area contributed by atoms with Gasteiger partial charge in [-0.25, -0.2) is 9.69 Å². The molecule has 4 aromatic rings. The smallest absolute Gasteiger partial charge is 0.360 e. The van der Waals surface area contributed by atoms with E-state index in [-0.39, 0.29) is 24.2 Å². The van der Waals surface area contributed by atoms with E-state index >= 15 is 0 Å². The second kappa shape index (κ2) is 15.4. The highest BCUT2D eigenvalue weighted by molar-refractivity contribution is 7.21. The molecule has 3 aromatic carbocycles. The van der Waals surface area contributed by atoms with Gasteiger partial charge in [0.1, 0.15) is 5.69 Å². The van der Waals surface area contributed by atoms with Crippen molar-refractivity contribution in [3.63, 3.8) is 0 Å². The molecule has 6 nitrogen and oxygen atoms in total. The predicted octanol–water partition coefficient (Wildman–Crippen LogP) is 2.47. The van der Waals surface area contributed by atoms with Crippen LogP contribution in [0.3, 0.4) is 0 Å². The van der Waals surface area contributed by atoms with E-state index in [0.29, 0.717) is 28.6 Å². The Hall–Kier alpha value is -2.78. The Morgan fingerprint density at radius 3 is 2.05 bits per heavy atom. The number of nitrogens with zero attached hydrogens (tertiary/aromatic N) is 3. The van der Waals surface area contributed by atoms with Gasteiger partial charge in [0, 0.05) is 40.8 Å². The minimum Gasteiger partial charge on any atom is -1.00 e. The van der Waals surface area contributed by atoms with Gasteiger partial charge in [0.25, 0.3) is 5.91 Å². The van der Waals surface area contributed by atoms with Crippen LogP contribution < -0.4 is 22.2 Å². The Labute approximate surface area is 258 Å². The number of carbonyl (C=O) groups excluding carboxylic acids is 2. The maximum absolute atomic E-state index is 13.9. The largest absolute Gasteiger partial charge is 1.00 e. The maximum Gasteiger partial charge on any atom is 0.360 e. The number of hydrogen-bond donors (Lipinski definition) is 1. The molecule has 1 N–H and O–H groups in total. The highest BCUT2D eigenvalue weighted by atomic mass is 35.5. The molecule has 9 heteroatoms. The molecule has 218 valence electrons. The number of hydrogen-bond acceptors (Lipinski definition) is 5. The van der Waals surface area contributed by atoms with Crippen molar-refractivity contribution < 1.29 is 26.9 Å². The van der Waals surface area contributed by atoms with E-state index in [0.717, 1.165) is 52.3 Å². The Balaban J connectivity index is 0.00000462. The first-order chi connectivity index (χ1) is 19.3. The summed E-state index contributed by atoms with van der Waals surface area (Å²) in [6, 6.07) is 25.2. The molecule has 41 heavy (non-hydrogen) atoms. The monoisotopic (exact) mass is 612 g/mol. The van der Waals surface area contributed by atoms with Crippen molar-refractivity contribution in [2.24, 2.45) is 0 Å². The Kier molecular flexibility index (Phi) is 12.3. The lowest BCUT2D eigenvalue weighted by molar-refractivity contribution is -0.741. The van der Waals surface area contributed by atoms with Crippen LogP contribution in [-0.4, -0.2) is 76.0 Å². The zero-order chi connectivity index (χ0) is 28.6. The Morgan fingerprint density at radius 1 is 0.805 bits per heavy atom. The quantitative estimate of drug-likeness (QED) is 0.267. The highest BCUT2D eigenvalue weighted by Crippen LogP contribution is 2.36. The summed E-state index contributed by atoms with van der Waals surface area (Å²) in [5, 5.41) is 1.25. The van der Waals surface area contributed by atoms with Crippen molar-refractivity contribution in [2.45, 2.75) is 12.8 Å². The lowest BCUT2D eigenvalue weighted by atomic mass is 10.1. The van der Waals surface area contributed by atoms with Gasteiger partial charge in [-0.2, -0.15) is 0 Å². The minimum absolute atomic E-state index is 0. The third kappa shape index (κ3) is 8.38. The number of carbonyl (C=O) groups is 2. The van der Waals surface area contributed by atoms with Gasteiger partial charge in [0.05, 0.1) is 11.6 Å². The average Bonchev–Trinajstić information content (AvgIpc) is 3.29. The molecule has 0 aliphatic rings. The van der Waals surface area contributed by atoms with Crippen LogP contribution in [0.5, 0.6) is 0 Å². The molecular weight excluding hydrogens is 575 g/mol. The number of anilines is 1. The number of benzene rings is 3. The Bertz CT molecular complexity index is 1430. The Morgan fingerprint density at radius 2 is 1.41 bits per heavy atom. The zero-order valence-electron chi connectivity index (χ0n) is 24.1. The van der Waals surface area contributed by atoms with Crippen LogP contribution in [0.25, 0.3) is 10.1 Å². The number of quaternary nitrogens is 1. The molecule has 1 heterocycles. The molecular formula is C32H38Cl2N4O2S. The van der Waals surface area contributed by atoms with Crippen LogP contribution in [0.4, 0.5) is 11.4 Å². The van der Waals surface area contributed by atoms with Crippen LogP contribution in [0.2, 0.25) is 5.02 Å². The average molecular weight is 614 g/mol. The first kappa shape index (κ1) is 32.7. The first-order valence-electron chi connectivity index (χ1n) is 13.6. The van der Waals surface area contributed by atoms with Crippen LogP contribution in [-0.2, 0) is 0 Å². The van der Waals surface area contributed by atoms with E-state index < -0.39 is 0 Å². The van der Waals surface area contributed by atoms with Gasteiger partial charge in [-0.1, -0.05) is 54.1 Å². The molecule has 1 unspecified atom stereocenters. The molecule has 4 rings (SSSR count). The van der Waals surface area contributed by atoms with Crippen LogP contribution in [0, 0.1) is 0 Å². The summed E-state index contributed by atoms with van der Waals surface area (Å²) in [4.78, 5) is 35.0. The zero-order valence-corrected chi connectivity index (χ0v) is 26.4. The molecule has 1 aromatic heterocycles. The number of fused-ring (bicyclic) bond motifs is 1. The fraction of sp³-hybridized carbons (Fsp3) is 0.312. The van der Waals surface area contributed by atoms with E-state index in [4.69, 9.17) is 11.6 Å². The molecule has 0 bridgehead atoms. The van der Waals surface area contributed by atoms with E-state index in [1.54, 1.807) is 0 Å². The summed E-state index contributed by atoms with van der Waals surface area (Å²) < 4.78 is 0.834. The molecule has 2 amide bonds. The fourth-order valence-electron chi connectivity index (χ4n) is 4.74. The minimum atomic E-state index is -0.0653. The summed E-state index contributed by atoms with van der Waals surface area (Å²) in [5.74, 6) is -0.108. The van der Waals surface area contributed by atoms with Crippen molar-refractivity contribution in [1.82, 2.24) is 9.80 Å². The van der Waals surface area contributed by atoms with Crippen molar-refractivity contribution in [3.05, 3.63) is 94.3 Å². The van der Waals surface area contributed by atoms with Gasteiger partial charge < -0.3 is 27.1 Å². The second-order valence-electron chi connectivity index (χ2n) is 10.5. The van der Waals surface area contributed by atoms with Crippen molar-refractivity contribution >= 4 is 56.2 Å². The standard InChI is InChI=1S/C32H37ClN4O2S.ClH/c1-34(2)19-11-21-36(25-13-7-5-8-14-25)31(38)24-17-18-27-28(23-24)40-30(29(27)33)32(39)37(22-12-20-35(3)4)26-15-9-6-10-16-26;/h5-10,13-18,23H,11-12,19-22H2,1-4H3;1H. The van der Waals surface area contributed by atoms with E-state index in [1.165, 1.54) is 11.3 Å². The summed E-state index contributed by atoms with van der Waals surface area (Å²) in [7, 11) is 8.13. The molecule has 0 saturated heterocycles. The van der Waals surface area contributed by atoms with Gasteiger partial charge in [0.15, 0.2) is 4.88 Å². The van der Waals surface area contributed by atoms with Gasteiger partial charge in [-0.05, 0) is 77.6 Å². The van der Waals surface area contributed by atoms with E-state index in [2.05, 4.69) is 9.80 Å². The van der Waals surface area contributed by atoms with E-state index in [9.17, 15) is 9.59 Å². The summed E-state index contributed by atoms with van der Waals surface area (Å²) in [5.41, 5.74) is 2.37. The van der Waals surface area contributed by atoms with Crippen molar-refractivity contribution in [3.8, 4) is 0 Å². The SMILES string of the molecule is CN(C)CCCN(C(=O)c1ccc2c(Cl)c(C(=O)[NH+](CCCN(C)C)c3ccccc3)sc2c1)c1ccccc1.[Cl-]. The third-order valence-corrected chi connectivity index (χ3v) is 8.47.